The molecule has 0 spiro atoms. The minimum absolute atomic E-state index is 0.0824. The van der Waals surface area contributed by atoms with Crippen LogP contribution in [0.1, 0.15) is 54.5 Å². The van der Waals surface area contributed by atoms with Crippen LogP contribution in [0, 0.1) is 18.8 Å². The largest absolute Gasteiger partial charge is 0.456 e. The first kappa shape index (κ1) is 15.9. The highest BCUT2D eigenvalue weighted by Crippen LogP contribution is 2.34. The molecule has 1 aromatic rings. The molecular weight excluding hydrogens is 283 g/mol. The summed E-state index contributed by atoms with van der Waals surface area (Å²) < 4.78 is 43.0. The lowest BCUT2D eigenvalue weighted by molar-refractivity contribution is -0.153. The van der Waals surface area contributed by atoms with Crippen molar-refractivity contribution in [3.63, 3.8) is 0 Å². The average molecular weight is 303 g/mol. The monoisotopic (exact) mass is 303 g/mol. The summed E-state index contributed by atoms with van der Waals surface area (Å²) in [6.07, 6.45) is -0.407. The van der Waals surface area contributed by atoms with E-state index < -0.39 is 23.4 Å². The molecule has 1 heterocycles. The van der Waals surface area contributed by atoms with Crippen molar-refractivity contribution in [2.24, 2.45) is 11.8 Å². The first-order valence-corrected chi connectivity index (χ1v) is 7.23. The third-order valence-electron chi connectivity index (χ3n) is 4.04. The van der Waals surface area contributed by atoms with Crippen molar-refractivity contribution < 1.29 is 22.4 Å². The first-order valence-electron chi connectivity index (χ1n) is 7.23. The van der Waals surface area contributed by atoms with E-state index in [-0.39, 0.29) is 5.76 Å². The van der Waals surface area contributed by atoms with E-state index in [2.05, 4.69) is 16.7 Å². The molecule has 0 aromatic carbocycles. The maximum Gasteiger partial charge on any atom is 0.450 e. The first-order chi connectivity index (χ1) is 9.77. The Morgan fingerprint density at radius 2 is 1.95 bits per heavy atom. The fraction of sp³-hybridized carbons (Fsp3) is 0.667. The number of aryl methyl sites for hydroxylation is 1. The molecule has 0 atom stereocenters. The molecule has 1 aliphatic carbocycles. The van der Waals surface area contributed by atoms with Crippen LogP contribution in [0.15, 0.2) is 10.5 Å². The summed E-state index contributed by atoms with van der Waals surface area (Å²) in [5.74, 6) is -0.788. The number of hydrogen-bond donors (Lipinski definition) is 1. The Kier molecular flexibility index (Phi) is 4.64. The van der Waals surface area contributed by atoms with Crippen LogP contribution in [0.4, 0.5) is 13.2 Å². The summed E-state index contributed by atoms with van der Waals surface area (Å²) in [5, 5.41) is 2.61. The van der Waals surface area contributed by atoms with Gasteiger partial charge in [-0.15, -0.1) is 0 Å². The van der Waals surface area contributed by atoms with Gasteiger partial charge >= 0.3 is 6.18 Å². The predicted molar refractivity (Wildman–Crippen MR) is 71.9 cm³/mol. The van der Waals surface area contributed by atoms with E-state index >= 15 is 0 Å². The van der Waals surface area contributed by atoms with Crippen LogP contribution >= 0.6 is 0 Å². The second-order valence-corrected chi connectivity index (χ2v) is 5.93. The standard InChI is InChI=1S/C15H20F3NO2/c1-9-3-5-11(6-4-9)8-19-14(20)12-7-10(2)21-13(12)15(16,17)18/h7,9,11H,3-6,8H2,1-2H3,(H,19,20). The van der Waals surface area contributed by atoms with Crippen molar-refractivity contribution in [2.45, 2.75) is 45.7 Å². The molecule has 0 bridgehead atoms. The third kappa shape index (κ3) is 4.02. The summed E-state index contributed by atoms with van der Waals surface area (Å²) in [6.45, 7) is 4.01. The topological polar surface area (TPSA) is 42.2 Å². The number of nitrogens with one attached hydrogen (secondary N) is 1. The highest BCUT2D eigenvalue weighted by molar-refractivity contribution is 5.95. The van der Waals surface area contributed by atoms with Crippen LogP contribution in [-0.4, -0.2) is 12.5 Å². The minimum atomic E-state index is -4.65. The Hall–Kier alpha value is -1.46. The van der Waals surface area contributed by atoms with Gasteiger partial charge in [-0.3, -0.25) is 4.79 Å². The molecule has 1 aromatic heterocycles. The van der Waals surface area contributed by atoms with Crippen molar-refractivity contribution in [1.82, 2.24) is 5.32 Å². The SMILES string of the molecule is Cc1cc(C(=O)NCC2CCC(C)CC2)c(C(F)(F)F)o1. The molecule has 21 heavy (non-hydrogen) atoms. The maximum absolute atomic E-state index is 12.8. The number of halogens is 3. The van der Waals surface area contributed by atoms with Gasteiger partial charge in [-0.25, -0.2) is 0 Å². The Labute approximate surface area is 121 Å². The van der Waals surface area contributed by atoms with Crippen molar-refractivity contribution in [3.05, 3.63) is 23.2 Å². The predicted octanol–water partition coefficient (Wildman–Crippen LogP) is 4.16. The molecule has 0 aliphatic heterocycles. The van der Waals surface area contributed by atoms with E-state index in [4.69, 9.17) is 0 Å². The third-order valence-corrected chi connectivity index (χ3v) is 4.04. The molecule has 0 saturated heterocycles. The van der Waals surface area contributed by atoms with E-state index in [0.29, 0.717) is 18.4 Å². The van der Waals surface area contributed by atoms with Gasteiger partial charge in [0, 0.05) is 6.54 Å². The number of hydrogen-bond acceptors (Lipinski definition) is 2. The molecule has 0 radical (unpaired) electrons. The minimum Gasteiger partial charge on any atom is -0.456 e. The lowest BCUT2D eigenvalue weighted by atomic mass is 9.83. The van der Waals surface area contributed by atoms with Gasteiger partial charge < -0.3 is 9.73 Å². The zero-order chi connectivity index (χ0) is 15.6. The molecule has 0 unspecified atom stereocenters. The molecule has 1 saturated carbocycles. The van der Waals surface area contributed by atoms with Crippen LogP contribution in [0.25, 0.3) is 0 Å². The van der Waals surface area contributed by atoms with E-state index in [9.17, 15) is 18.0 Å². The van der Waals surface area contributed by atoms with Gasteiger partial charge in [0.1, 0.15) is 5.76 Å². The van der Waals surface area contributed by atoms with E-state index in [1.165, 1.54) is 6.92 Å². The summed E-state index contributed by atoms with van der Waals surface area (Å²) in [4.78, 5) is 12.0. The zero-order valence-electron chi connectivity index (χ0n) is 12.2. The fourth-order valence-corrected chi connectivity index (χ4v) is 2.76. The van der Waals surface area contributed by atoms with Gasteiger partial charge in [-0.2, -0.15) is 13.2 Å². The lowest BCUT2D eigenvalue weighted by Gasteiger charge is -2.26. The lowest BCUT2D eigenvalue weighted by Crippen LogP contribution is -2.31. The Morgan fingerprint density at radius 1 is 1.33 bits per heavy atom. The summed E-state index contributed by atoms with van der Waals surface area (Å²) in [6, 6.07) is 1.14. The number of furan rings is 1. The van der Waals surface area contributed by atoms with Gasteiger partial charge in [-0.1, -0.05) is 19.8 Å². The maximum atomic E-state index is 12.8. The highest BCUT2D eigenvalue weighted by Gasteiger charge is 2.40. The number of rotatable bonds is 3. The zero-order valence-corrected chi connectivity index (χ0v) is 12.2. The van der Waals surface area contributed by atoms with E-state index in [1.54, 1.807) is 0 Å². The van der Waals surface area contributed by atoms with Gasteiger partial charge in [0.2, 0.25) is 5.76 Å². The summed E-state index contributed by atoms with van der Waals surface area (Å²) in [7, 11) is 0. The number of alkyl halides is 3. The van der Waals surface area contributed by atoms with Crippen molar-refractivity contribution in [2.75, 3.05) is 6.54 Å². The van der Waals surface area contributed by atoms with Crippen molar-refractivity contribution in [1.29, 1.82) is 0 Å². The molecule has 1 aliphatic rings. The molecule has 1 fully saturated rings. The van der Waals surface area contributed by atoms with Gasteiger partial charge in [0.25, 0.3) is 5.91 Å². The molecule has 6 heteroatoms. The molecule has 2 rings (SSSR count). The average Bonchev–Trinajstić information content (AvgIpc) is 2.80. The Morgan fingerprint density at radius 3 is 2.52 bits per heavy atom. The number of carbonyl (C=O) groups is 1. The van der Waals surface area contributed by atoms with Crippen LogP contribution in [-0.2, 0) is 6.18 Å². The Balaban J connectivity index is 1.98. The molecule has 1 amide bonds. The normalized spacial score (nSPS) is 23.1. The van der Waals surface area contributed by atoms with Crippen LogP contribution in [0.5, 0.6) is 0 Å². The summed E-state index contributed by atoms with van der Waals surface area (Å²) in [5.41, 5.74) is -0.427. The van der Waals surface area contributed by atoms with Crippen molar-refractivity contribution in [3.8, 4) is 0 Å². The molecule has 3 nitrogen and oxygen atoms in total. The van der Waals surface area contributed by atoms with Gasteiger partial charge in [0.05, 0.1) is 5.56 Å². The Bertz CT molecular complexity index is 500. The fourth-order valence-electron chi connectivity index (χ4n) is 2.76. The van der Waals surface area contributed by atoms with E-state index in [0.717, 1.165) is 31.7 Å². The van der Waals surface area contributed by atoms with Crippen molar-refractivity contribution >= 4 is 5.91 Å². The van der Waals surface area contributed by atoms with E-state index in [1.807, 2.05) is 0 Å². The number of carbonyl (C=O) groups excluding carboxylic acids is 1. The van der Waals surface area contributed by atoms with Gasteiger partial charge in [-0.05, 0) is 37.7 Å². The smallest absolute Gasteiger partial charge is 0.450 e. The molecule has 1 N–H and O–H groups in total. The van der Waals surface area contributed by atoms with Gasteiger partial charge in [0.15, 0.2) is 0 Å². The highest BCUT2D eigenvalue weighted by atomic mass is 19.4. The summed E-state index contributed by atoms with van der Waals surface area (Å²) >= 11 is 0. The van der Waals surface area contributed by atoms with Crippen LogP contribution in [0.2, 0.25) is 0 Å². The molecular formula is C15H20F3NO2. The second-order valence-electron chi connectivity index (χ2n) is 5.93. The number of amides is 1. The molecule has 118 valence electrons. The quantitative estimate of drug-likeness (QED) is 0.911. The second kappa shape index (κ2) is 6.12. The van der Waals surface area contributed by atoms with Crippen LogP contribution in [0.3, 0.4) is 0 Å². The van der Waals surface area contributed by atoms with Crippen LogP contribution < -0.4 is 5.32 Å².